The first-order valence-corrected chi connectivity index (χ1v) is 9.34. The fraction of sp³-hybridized carbons (Fsp3) is 0.526. The van der Waals surface area contributed by atoms with E-state index in [0.717, 1.165) is 55.0 Å². The van der Waals surface area contributed by atoms with Gasteiger partial charge in [0.1, 0.15) is 5.82 Å². The van der Waals surface area contributed by atoms with Crippen molar-refractivity contribution in [3.8, 4) is 11.4 Å². The minimum atomic E-state index is 0.135. The highest BCUT2D eigenvalue weighted by atomic mass is 16.2. The summed E-state index contributed by atoms with van der Waals surface area (Å²) in [7, 11) is 0. The van der Waals surface area contributed by atoms with Gasteiger partial charge in [-0.05, 0) is 37.8 Å². The molecule has 0 radical (unpaired) electrons. The van der Waals surface area contributed by atoms with Gasteiger partial charge in [0.05, 0.1) is 0 Å². The summed E-state index contributed by atoms with van der Waals surface area (Å²) >= 11 is 0. The van der Waals surface area contributed by atoms with Gasteiger partial charge < -0.3 is 4.90 Å². The van der Waals surface area contributed by atoms with Crippen LogP contribution in [0.4, 0.5) is 0 Å². The lowest BCUT2D eigenvalue weighted by Gasteiger charge is -2.34. The number of piperazine rings is 1. The number of nitrogens with one attached hydrogen (secondary N) is 1. The van der Waals surface area contributed by atoms with Gasteiger partial charge in [-0.25, -0.2) is 4.98 Å². The van der Waals surface area contributed by atoms with Crippen molar-refractivity contribution in [1.82, 2.24) is 25.0 Å². The summed E-state index contributed by atoms with van der Waals surface area (Å²) in [5, 5.41) is 7.34. The van der Waals surface area contributed by atoms with Crippen LogP contribution in [0.25, 0.3) is 11.4 Å². The van der Waals surface area contributed by atoms with E-state index in [1.54, 1.807) is 0 Å². The van der Waals surface area contributed by atoms with Gasteiger partial charge in [0.2, 0.25) is 0 Å². The number of carbonyl (C=O) groups excluding carboxylic acids is 1. The molecule has 1 aliphatic heterocycles. The number of amides is 1. The zero-order valence-corrected chi connectivity index (χ0v) is 14.3. The minimum absolute atomic E-state index is 0.135. The van der Waals surface area contributed by atoms with Gasteiger partial charge in [0, 0.05) is 49.3 Å². The Balaban J connectivity index is 1.25. The zero-order chi connectivity index (χ0) is 16.8. The molecule has 3 fully saturated rings. The molecule has 1 N–H and O–H groups in total. The molecular formula is C19H23N5O. The second-order valence-electron chi connectivity index (χ2n) is 7.46. The Morgan fingerprint density at radius 1 is 1.00 bits per heavy atom. The predicted molar refractivity (Wildman–Crippen MR) is 94.3 cm³/mol. The van der Waals surface area contributed by atoms with E-state index in [0.29, 0.717) is 5.92 Å². The Bertz CT molecular complexity index is 767. The molecule has 0 bridgehead atoms. The van der Waals surface area contributed by atoms with E-state index in [-0.39, 0.29) is 5.91 Å². The van der Waals surface area contributed by atoms with Crippen LogP contribution in [0.5, 0.6) is 0 Å². The molecule has 130 valence electrons. The fourth-order valence-corrected chi connectivity index (χ4v) is 3.62. The first-order chi connectivity index (χ1) is 12.3. The Morgan fingerprint density at radius 2 is 1.72 bits per heavy atom. The maximum Gasteiger partial charge on any atom is 0.253 e. The van der Waals surface area contributed by atoms with Crippen molar-refractivity contribution >= 4 is 5.91 Å². The fourth-order valence-electron chi connectivity index (χ4n) is 3.62. The standard InChI is InChI=1S/C19H23N5O/c25-19(24-11-9-23(10-12-24)16-7-8-16)15-5-3-14(4-6-15)18-20-17(21-22-18)13-1-2-13/h3-6,13,16H,1-2,7-12H2,(H,20,21,22). The van der Waals surface area contributed by atoms with Crippen LogP contribution < -0.4 is 0 Å². The molecule has 2 aromatic rings. The summed E-state index contributed by atoms with van der Waals surface area (Å²) in [4.78, 5) is 21.8. The summed E-state index contributed by atoms with van der Waals surface area (Å²) in [6, 6.07) is 8.50. The van der Waals surface area contributed by atoms with Crippen LogP contribution in [0.2, 0.25) is 0 Å². The van der Waals surface area contributed by atoms with Crippen molar-refractivity contribution in [3.63, 3.8) is 0 Å². The van der Waals surface area contributed by atoms with Gasteiger partial charge in [0.25, 0.3) is 5.91 Å². The Kier molecular flexibility index (Phi) is 3.59. The molecule has 2 aliphatic carbocycles. The number of rotatable bonds is 4. The van der Waals surface area contributed by atoms with E-state index < -0.39 is 0 Å². The normalized spacial score (nSPS) is 21.5. The smallest absolute Gasteiger partial charge is 0.253 e. The lowest BCUT2D eigenvalue weighted by molar-refractivity contribution is 0.0627. The summed E-state index contributed by atoms with van der Waals surface area (Å²) in [6.07, 6.45) is 5.07. The van der Waals surface area contributed by atoms with Gasteiger partial charge >= 0.3 is 0 Å². The third-order valence-electron chi connectivity index (χ3n) is 5.52. The molecule has 1 saturated heterocycles. The highest BCUT2D eigenvalue weighted by molar-refractivity contribution is 5.94. The van der Waals surface area contributed by atoms with Crippen LogP contribution in [0.3, 0.4) is 0 Å². The number of carbonyl (C=O) groups is 1. The van der Waals surface area contributed by atoms with E-state index in [1.165, 1.54) is 25.7 Å². The van der Waals surface area contributed by atoms with Crippen molar-refractivity contribution in [2.24, 2.45) is 0 Å². The van der Waals surface area contributed by atoms with Gasteiger partial charge in [-0.15, -0.1) is 0 Å². The van der Waals surface area contributed by atoms with Crippen LogP contribution in [0, 0.1) is 0 Å². The van der Waals surface area contributed by atoms with Crippen molar-refractivity contribution < 1.29 is 4.79 Å². The lowest BCUT2D eigenvalue weighted by atomic mass is 10.1. The van der Waals surface area contributed by atoms with Crippen LogP contribution in [-0.2, 0) is 0 Å². The molecule has 2 heterocycles. The first-order valence-electron chi connectivity index (χ1n) is 9.34. The van der Waals surface area contributed by atoms with Gasteiger partial charge in [-0.3, -0.25) is 14.8 Å². The molecule has 5 rings (SSSR count). The summed E-state index contributed by atoms with van der Waals surface area (Å²) in [6.45, 7) is 3.69. The quantitative estimate of drug-likeness (QED) is 0.929. The summed E-state index contributed by atoms with van der Waals surface area (Å²) in [5.74, 6) is 2.41. The van der Waals surface area contributed by atoms with Crippen molar-refractivity contribution in [3.05, 3.63) is 35.7 Å². The van der Waals surface area contributed by atoms with Crippen LogP contribution in [0.15, 0.2) is 24.3 Å². The van der Waals surface area contributed by atoms with E-state index in [2.05, 4.69) is 20.1 Å². The summed E-state index contributed by atoms with van der Waals surface area (Å²) in [5.41, 5.74) is 1.71. The number of hydrogen-bond donors (Lipinski definition) is 1. The minimum Gasteiger partial charge on any atom is -0.336 e. The average Bonchev–Trinajstić information content (AvgIpc) is 3.60. The first kappa shape index (κ1) is 15.1. The second kappa shape index (κ2) is 5.95. The van der Waals surface area contributed by atoms with E-state index in [1.807, 2.05) is 29.2 Å². The monoisotopic (exact) mass is 337 g/mol. The number of benzene rings is 1. The maximum absolute atomic E-state index is 12.7. The zero-order valence-electron chi connectivity index (χ0n) is 14.3. The van der Waals surface area contributed by atoms with Crippen LogP contribution in [0.1, 0.15) is 47.8 Å². The SMILES string of the molecule is O=C(c1ccc(-c2n[nH]c(C3CC3)n2)cc1)N1CCN(C2CC2)CC1. The molecule has 3 aliphatic rings. The molecule has 2 saturated carbocycles. The number of H-pyrrole nitrogens is 1. The summed E-state index contributed by atoms with van der Waals surface area (Å²) < 4.78 is 0. The molecule has 6 nitrogen and oxygen atoms in total. The number of aromatic nitrogens is 3. The maximum atomic E-state index is 12.7. The van der Waals surface area contributed by atoms with E-state index >= 15 is 0 Å². The molecule has 1 aromatic carbocycles. The number of nitrogens with zero attached hydrogens (tertiary/aromatic N) is 4. The van der Waals surface area contributed by atoms with Gasteiger partial charge in [0.15, 0.2) is 5.82 Å². The topological polar surface area (TPSA) is 65.1 Å². The van der Waals surface area contributed by atoms with Crippen molar-refractivity contribution in [2.75, 3.05) is 26.2 Å². The molecule has 1 amide bonds. The highest BCUT2D eigenvalue weighted by Gasteiger charge is 2.32. The molecule has 0 spiro atoms. The number of aromatic amines is 1. The third-order valence-corrected chi connectivity index (χ3v) is 5.52. The lowest BCUT2D eigenvalue weighted by Crippen LogP contribution is -2.49. The van der Waals surface area contributed by atoms with E-state index in [9.17, 15) is 4.79 Å². The van der Waals surface area contributed by atoms with Crippen molar-refractivity contribution in [2.45, 2.75) is 37.6 Å². The predicted octanol–water partition coefficient (Wildman–Crippen LogP) is 2.27. The Hall–Kier alpha value is -2.21. The molecule has 0 atom stereocenters. The highest BCUT2D eigenvalue weighted by Crippen LogP contribution is 2.38. The van der Waals surface area contributed by atoms with Gasteiger partial charge in [-0.2, -0.15) is 5.10 Å². The largest absolute Gasteiger partial charge is 0.336 e. The van der Waals surface area contributed by atoms with Crippen LogP contribution in [-0.4, -0.2) is 63.1 Å². The van der Waals surface area contributed by atoms with Gasteiger partial charge in [-0.1, -0.05) is 12.1 Å². The average molecular weight is 337 g/mol. The molecule has 0 unspecified atom stereocenters. The molecule has 1 aromatic heterocycles. The molecular weight excluding hydrogens is 314 g/mol. The third kappa shape index (κ3) is 3.06. The van der Waals surface area contributed by atoms with Crippen LogP contribution >= 0.6 is 0 Å². The second-order valence-corrected chi connectivity index (χ2v) is 7.46. The van der Waals surface area contributed by atoms with Crippen molar-refractivity contribution in [1.29, 1.82) is 0 Å². The number of hydrogen-bond acceptors (Lipinski definition) is 4. The Morgan fingerprint density at radius 3 is 2.36 bits per heavy atom. The molecule has 25 heavy (non-hydrogen) atoms. The Labute approximate surface area is 147 Å². The van der Waals surface area contributed by atoms with E-state index in [4.69, 9.17) is 0 Å². The molecule has 6 heteroatoms.